The molecule has 0 aromatic heterocycles. The summed E-state index contributed by atoms with van der Waals surface area (Å²) in [6.45, 7) is 3.50. The van der Waals surface area contributed by atoms with Crippen molar-refractivity contribution in [2.45, 2.75) is 25.7 Å². The van der Waals surface area contributed by atoms with E-state index in [2.05, 4.69) is 15.4 Å². The highest BCUT2D eigenvalue weighted by Crippen LogP contribution is 2.33. The first kappa shape index (κ1) is 12.7. The van der Waals surface area contributed by atoms with Gasteiger partial charge in [-0.05, 0) is 19.4 Å². The third-order valence-electron chi connectivity index (χ3n) is 2.22. The molecule has 1 atom stereocenters. The molecule has 0 aliphatic carbocycles. The maximum atomic E-state index is 5.43. The van der Waals surface area contributed by atoms with Gasteiger partial charge in [0.15, 0.2) is 5.72 Å². The first-order valence-electron chi connectivity index (χ1n) is 5.51. The molecule has 1 aliphatic heterocycles. The molecule has 0 radical (unpaired) electrons. The van der Waals surface area contributed by atoms with Crippen LogP contribution in [0.15, 0.2) is 45.7 Å². The van der Waals surface area contributed by atoms with Crippen LogP contribution in [0, 0.1) is 0 Å². The number of benzene rings is 1. The second kappa shape index (κ2) is 4.83. The molecule has 1 aromatic carbocycles. The van der Waals surface area contributed by atoms with Crippen LogP contribution in [-0.4, -0.2) is 25.1 Å². The van der Waals surface area contributed by atoms with E-state index in [4.69, 9.17) is 14.3 Å². The van der Waals surface area contributed by atoms with Crippen LogP contribution in [0.4, 0.5) is 0 Å². The van der Waals surface area contributed by atoms with Crippen LogP contribution >= 0.6 is 0 Å². The first-order chi connectivity index (χ1) is 8.55. The molecule has 1 heterocycles. The van der Waals surface area contributed by atoms with Gasteiger partial charge in [-0.2, -0.15) is 0 Å². The smallest absolute Gasteiger partial charge is 0.308 e. The SMILES string of the molecule is COC1(O/N=C/c2ccccc2)N=NC(C)(C)O1. The number of rotatable bonds is 4. The molecule has 96 valence electrons. The van der Waals surface area contributed by atoms with Crippen LogP contribution in [0.3, 0.4) is 0 Å². The lowest BCUT2D eigenvalue weighted by atomic mass is 10.2. The quantitative estimate of drug-likeness (QED) is 0.468. The van der Waals surface area contributed by atoms with Crippen molar-refractivity contribution in [3.63, 3.8) is 0 Å². The maximum absolute atomic E-state index is 5.43. The van der Waals surface area contributed by atoms with Crippen molar-refractivity contribution in [3.8, 4) is 0 Å². The molecular weight excluding hydrogens is 234 g/mol. The molecule has 1 aromatic rings. The Morgan fingerprint density at radius 3 is 2.50 bits per heavy atom. The highest BCUT2D eigenvalue weighted by atomic mass is 16.9. The summed E-state index contributed by atoms with van der Waals surface area (Å²) < 4.78 is 10.5. The minimum Gasteiger partial charge on any atom is -0.308 e. The van der Waals surface area contributed by atoms with Gasteiger partial charge in [0.2, 0.25) is 0 Å². The summed E-state index contributed by atoms with van der Waals surface area (Å²) in [5, 5.41) is 11.5. The van der Waals surface area contributed by atoms with Gasteiger partial charge in [-0.15, -0.1) is 5.11 Å². The van der Waals surface area contributed by atoms with Gasteiger partial charge in [-0.25, -0.2) is 0 Å². The lowest BCUT2D eigenvalue weighted by Gasteiger charge is -2.22. The van der Waals surface area contributed by atoms with Crippen molar-refractivity contribution in [1.29, 1.82) is 0 Å². The Morgan fingerprint density at radius 1 is 1.22 bits per heavy atom. The Balaban J connectivity index is 2.01. The number of ether oxygens (including phenoxy) is 2. The van der Waals surface area contributed by atoms with E-state index in [-0.39, 0.29) is 0 Å². The average molecular weight is 249 g/mol. The summed E-state index contributed by atoms with van der Waals surface area (Å²) in [4.78, 5) is 5.14. The summed E-state index contributed by atoms with van der Waals surface area (Å²) in [5.41, 5.74) is 0.121. The molecule has 0 N–H and O–H groups in total. The molecule has 0 saturated heterocycles. The van der Waals surface area contributed by atoms with E-state index in [1.807, 2.05) is 30.3 Å². The molecule has 6 nitrogen and oxygen atoms in total. The zero-order valence-corrected chi connectivity index (χ0v) is 10.5. The molecule has 0 saturated carbocycles. The molecule has 0 amide bonds. The molecule has 0 bridgehead atoms. The fraction of sp³-hybridized carbons (Fsp3) is 0.417. The van der Waals surface area contributed by atoms with Crippen molar-refractivity contribution < 1.29 is 14.3 Å². The van der Waals surface area contributed by atoms with Gasteiger partial charge in [0.1, 0.15) is 0 Å². The Hall–Kier alpha value is -1.79. The zero-order chi connectivity index (χ0) is 13.1. The van der Waals surface area contributed by atoms with Crippen LogP contribution < -0.4 is 0 Å². The Labute approximate surface area is 105 Å². The second-order valence-electron chi connectivity index (χ2n) is 4.21. The topological polar surface area (TPSA) is 64.8 Å². The molecule has 1 aliphatic rings. The summed E-state index contributed by atoms with van der Waals surface area (Å²) in [7, 11) is 1.42. The standard InChI is InChI=1S/C12H15N3O3/c1-11(2)14-15-12(16-3,17-11)18-13-9-10-7-5-4-6-8-10/h4-9H,1-3H3/b13-9+. The summed E-state index contributed by atoms with van der Waals surface area (Å²) >= 11 is 0. The maximum Gasteiger partial charge on any atom is 0.481 e. The van der Waals surface area contributed by atoms with Gasteiger partial charge >= 0.3 is 6.10 Å². The van der Waals surface area contributed by atoms with Gasteiger partial charge in [0.25, 0.3) is 0 Å². The predicted octanol–water partition coefficient (Wildman–Crippen LogP) is 2.51. The molecular formula is C12H15N3O3. The van der Waals surface area contributed by atoms with E-state index in [1.165, 1.54) is 7.11 Å². The van der Waals surface area contributed by atoms with E-state index in [9.17, 15) is 0 Å². The fourth-order valence-corrected chi connectivity index (χ4v) is 1.39. The molecule has 18 heavy (non-hydrogen) atoms. The average Bonchev–Trinajstić information content (AvgIpc) is 2.67. The summed E-state index contributed by atoms with van der Waals surface area (Å²) in [6, 6.07) is 9.52. The molecule has 1 unspecified atom stereocenters. The Morgan fingerprint density at radius 2 is 1.94 bits per heavy atom. The Bertz CT molecular complexity index is 459. The Kier molecular flexibility index (Phi) is 3.40. The second-order valence-corrected chi connectivity index (χ2v) is 4.21. The van der Waals surface area contributed by atoms with Crippen LogP contribution in [0.2, 0.25) is 0 Å². The number of methoxy groups -OCH3 is 1. The third kappa shape index (κ3) is 2.91. The lowest BCUT2D eigenvalue weighted by molar-refractivity contribution is -0.376. The van der Waals surface area contributed by atoms with Gasteiger partial charge in [-0.3, -0.25) is 9.47 Å². The number of nitrogens with zero attached hydrogens (tertiary/aromatic N) is 3. The van der Waals surface area contributed by atoms with Crippen molar-refractivity contribution in [2.75, 3.05) is 7.11 Å². The molecule has 2 rings (SSSR count). The number of oxime groups is 1. The fourth-order valence-electron chi connectivity index (χ4n) is 1.39. The zero-order valence-electron chi connectivity index (χ0n) is 10.5. The minimum atomic E-state index is -1.59. The number of hydrogen-bond donors (Lipinski definition) is 0. The van der Waals surface area contributed by atoms with Crippen LogP contribution in [0.5, 0.6) is 0 Å². The van der Waals surface area contributed by atoms with Gasteiger partial charge < -0.3 is 4.84 Å². The monoisotopic (exact) mass is 249 g/mol. The van der Waals surface area contributed by atoms with Crippen molar-refractivity contribution >= 4 is 6.21 Å². The molecule has 6 heteroatoms. The summed E-state index contributed by atoms with van der Waals surface area (Å²) in [5.74, 6) is 0. The van der Waals surface area contributed by atoms with Gasteiger partial charge in [-0.1, -0.05) is 40.6 Å². The van der Waals surface area contributed by atoms with E-state index in [0.29, 0.717) is 0 Å². The first-order valence-corrected chi connectivity index (χ1v) is 5.51. The van der Waals surface area contributed by atoms with Crippen LogP contribution in [0.1, 0.15) is 19.4 Å². The molecule has 0 fully saturated rings. The highest BCUT2D eigenvalue weighted by molar-refractivity contribution is 5.78. The highest BCUT2D eigenvalue weighted by Gasteiger charge is 2.47. The van der Waals surface area contributed by atoms with Crippen molar-refractivity contribution in [2.24, 2.45) is 15.4 Å². The number of hydrogen-bond acceptors (Lipinski definition) is 6. The van der Waals surface area contributed by atoms with Gasteiger partial charge in [0, 0.05) is 7.11 Å². The van der Waals surface area contributed by atoms with E-state index in [0.717, 1.165) is 5.56 Å². The molecule has 0 spiro atoms. The van der Waals surface area contributed by atoms with Gasteiger partial charge in [0.05, 0.1) is 6.21 Å². The van der Waals surface area contributed by atoms with Crippen molar-refractivity contribution in [1.82, 2.24) is 0 Å². The third-order valence-corrected chi connectivity index (χ3v) is 2.22. The van der Waals surface area contributed by atoms with E-state index in [1.54, 1.807) is 20.1 Å². The normalized spacial score (nSPS) is 25.7. The predicted molar refractivity (Wildman–Crippen MR) is 64.9 cm³/mol. The lowest BCUT2D eigenvalue weighted by Crippen LogP contribution is -2.36. The van der Waals surface area contributed by atoms with E-state index < -0.39 is 11.8 Å². The summed E-state index contributed by atoms with van der Waals surface area (Å²) in [6.07, 6.45) is -0.0419. The van der Waals surface area contributed by atoms with Crippen LogP contribution in [-0.2, 0) is 14.3 Å². The minimum absolute atomic E-state index is 0.779. The van der Waals surface area contributed by atoms with Crippen LogP contribution in [0.25, 0.3) is 0 Å². The van der Waals surface area contributed by atoms with Crippen molar-refractivity contribution in [3.05, 3.63) is 35.9 Å². The van der Waals surface area contributed by atoms with E-state index >= 15 is 0 Å². The largest absolute Gasteiger partial charge is 0.481 e. The number of azo groups is 1.